The molecule has 4 amide bonds. The van der Waals surface area contributed by atoms with Gasteiger partial charge in [-0.3, -0.25) is 34.4 Å². The number of ether oxygens (including phenoxy) is 2. The zero-order valence-corrected chi connectivity index (χ0v) is 34.2. The minimum atomic E-state index is -1.62. The Bertz CT molecular complexity index is 2370. The topological polar surface area (TPSA) is 129 Å². The number of phenols is 1. The molecule has 5 aliphatic rings. The number of nitrogens with zero attached hydrogens (tertiary/aromatic N) is 3. The lowest BCUT2D eigenvalue weighted by atomic mass is 9.49. The molecule has 4 aromatic rings. The Kier molecular flexibility index (Phi) is 10.2. The Balaban J connectivity index is 1.14. The Hall–Kier alpha value is -5.36. The highest BCUT2D eigenvalue weighted by Crippen LogP contribution is 2.65. The van der Waals surface area contributed by atoms with E-state index >= 15 is 9.59 Å². The minimum Gasteiger partial charge on any atom is -0.508 e. The summed E-state index contributed by atoms with van der Waals surface area (Å²) in [6.45, 7) is 2.30. The summed E-state index contributed by atoms with van der Waals surface area (Å²) in [6, 6.07) is 26.6. The molecule has 3 heterocycles. The van der Waals surface area contributed by atoms with Gasteiger partial charge in [0, 0.05) is 42.2 Å². The van der Waals surface area contributed by atoms with E-state index in [4.69, 9.17) is 32.7 Å². The average Bonchev–Trinajstić information content (AvgIpc) is 3.63. The van der Waals surface area contributed by atoms with Crippen LogP contribution in [0, 0.1) is 23.7 Å². The lowest BCUT2D eigenvalue weighted by Crippen LogP contribution is -2.53. The first-order valence-electron chi connectivity index (χ1n) is 20.0. The summed E-state index contributed by atoms with van der Waals surface area (Å²) in [5.74, 6) is -4.53. The van der Waals surface area contributed by atoms with Gasteiger partial charge in [0.25, 0.3) is 11.8 Å². The van der Waals surface area contributed by atoms with Gasteiger partial charge in [-0.15, -0.1) is 0 Å². The SMILES string of the molecule is COc1ccc([C@@]23C(=O)N(Nc4ccc(Cl)cc4Cl)C(=O)[C@@H]2C[C@@H]2C(=CC[C@@H]4C(=O)N(C5CCN(Cc6ccccc6)CC5)C(=O)[C@@H]42)[C@@H]3c2cc(OC)ccc2O)cc1. The highest BCUT2D eigenvalue weighted by atomic mass is 35.5. The summed E-state index contributed by atoms with van der Waals surface area (Å²) in [5.41, 5.74) is 4.52. The molecule has 4 aromatic carbocycles. The second-order valence-corrected chi connectivity index (χ2v) is 17.0. The number of amides is 4. The molecule has 0 aromatic heterocycles. The smallest absolute Gasteiger partial charge is 0.260 e. The summed E-state index contributed by atoms with van der Waals surface area (Å²) >= 11 is 12.8. The molecule has 6 atom stereocenters. The van der Waals surface area contributed by atoms with Gasteiger partial charge in [0.05, 0.1) is 48.1 Å². The fourth-order valence-electron chi connectivity index (χ4n) is 10.6. The number of hydrogen-bond donors (Lipinski definition) is 2. The van der Waals surface area contributed by atoms with Crippen LogP contribution in [-0.2, 0) is 31.1 Å². The largest absolute Gasteiger partial charge is 0.508 e. The van der Waals surface area contributed by atoms with Crippen molar-refractivity contribution in [1.29, 1.82) is 0 Å². The maximum absolute atomic E-state index is 15.5. The van der Waals surface area contributed by atoms with Crippen LogP contribution >= 0.6 is 23.2 Å². The zero-order chi connectivity index (χ0) is 41.2. The van der Waals surface area contributed by atoms with E-state index in [1.165, 1.54) is 29.7 Å². The minimum absolute atomic E-state index is 0.101. The van der Waals surface area contributed by atoms with Gasteiger partial charge in [-0.25, -0.2) is 0 Å². The molecule has 3 saturated heterocycles. The van der Waals surface area contributed by atoms with Gasteiger partial charge in [-0.2, -0.15) is 5.01 Å². The molecule has 0 unspecified atom stereocenters. The fraction of sp³-hybridized carbons (Fsp3) is 0.348. The van der Waals surface area contributed by atoms with Gasteiger partial charge in [0.15, 0.2) is 0 Å². The van der Waals surface area contributed by atoms with Gasteiger partial charge in [0.1, 0.15) is 17.2 Å². The van der Waals surface area contributed by atoms with Crippen LogP contribution in [0.4, 0.5) is 5.69 Å². The predicted octanol–water partition coefficient (Wildman–Crippen LogP) is 7.37. The second-order valence-electron chi connectivity index (χ2n) is 16.2. The summed E-state index contributed by atoms with van der Waals surface area (Å²) in [5, 5.41) is 13.4. The first-order valence-corrected chi connectivity index (χ1v) is 20.7. The molecule has 59 heavy (non-hydrogen) atoms. The van der Waals surface area contributed by atoms with Crippen molar-refractivity contribution >= 4 is 52.5 Å². The molecule has 4 fully saturated rings. The van der Waals surface area contributed by atoms with Crippen LogP contribution in [0.1, 0.15) is 48.3 Å². The van der Waals surface area contributed by atoms with E-state index < -0.39 is 46.8 Å². The number of allylic oxidation sites excluding steroid dienone is 2. The summed E-state index contributed by atoms with van der Waals surface area (Å²) < 4.78 is 11.2. The molecule has 13 heteroatoms. The number of methoxy groups -OCH3 is 2. The maximum Gasteiger partial charge on any atom is 0.260 e. The third-order valence-corrected chi connectivity index (χ3v) is 13.9. The Morgan fingerprint density at radius 3 is 2.22 bits per heavy atom. The fourth-order valence-corrected chi connectivity index (χ4v) is 11.1. The molecule has 1 saturated carbocycles. The van der Waals surface area contributed by atoms with Crippen molar-refractivity contribution in [3.63, 3.8) is 0 Å². The third-order valence-electron chi connectivity index (χ3n) is 13.3. The van der Waals surface area contributed by atoms with Crippen molar-refractivity contribution in [1.82, 2.24) is 14.8 Å². The number of hydrogen-bond acceptors (Lipinski definition) is 9. The number of imide groups is 2. The molecule has 0 bridgehead atoms. The molecule has 9 rings (SSSR count). The average molecular weight is 836 g/mol. The van der Waals surface area contributed by atoms with Crippen LogP contribution < -0.4 is 14.9 Å². The lowest BCUT2D eigenvalue weighted by Gasteiger charge is -2.50. The molecular weight excluding hydrogens is 791 g/mol. The van der Waals surface area contributed by atoms with Crippen molar-refractivity contribution in [2.75, 3.05) is 32.7 Å². The molecular formula is C46H44Cl2N4O7. The van der Waals surface area contributed by atoms with Crippen LogP contribution in [0.15, 0.2) is 103 Å². The number of anilines is 1. The van der Waals surface area contributed by atoms with Crippen LogP contribution in [0.25, 0.3) is 0 Å². The van der Waals surface area contributed by atoms with Crippen molar-refractivity contribution in [2.45, 2.75) is 49.6 Å². The first kappa shape index (κ1) is 39.1. The highest BCUT2D eigenvalue weighted by molar-refractivity contribution is 6.36. The number of carbonyl (C=O) groups excluding carboxylic acids is 4. The number of rotatable bonds is 9. The summed E-state index contributed by atoms with van der Waals surface area (Å²) in [6.07, 6.45) is 3.70. The molecule has 0 spiro atoms. The normalized spacial score (nSPS) is 27.0. The van der Waals surface area contributed by atoms with Crippen molar-refractivity contribution in [3.8, 4) is 17.2 Å². The van der Waals surface area contributed by atoms with Crippen LogP contribution in [0.3, 0.4) is 0 Å². The number of halogens is 2. The zero-order valence-electron chi connectivity index (χ0n) is 32.6. The second kappa shape index (κ2) is 15.3. The van der Waals surface area contributed by atoms with E-state index in [1.807, 2.05) is 24.3 Å². The Labute approximate surface area is 352 Å². The molecule has 3 aliphatic heterocycles. The number of piperidine rings is 1. The van der Waals surface area contributed by atoms with E-state index in [9.17, 15) is 14.7 Å². The Morgan fingerprint density at radius 1 is 0.814 bits per heavy atom. The molecule has 304 valence electrons. The standard InChI is InChI=1S/C46H44Cl2N4O7/c1-58-30-11-8-27(9-12-30)46-36(43(55)52(45(46)57)49-38-16-10-28(47)22-37(38)48)24-34-32(41(46)35-23-31(59-2)13-17-39(35)53)14-15-33-40(34)44(56)51(42(33)54)29-18-20-50(21-19-29)25-26-6-4-3-5-7-26/h3-14,16-17,22-23,29,33-34,36,40-41,49,53H,15,18-21,24-25H2,1-2H3/t33-,34+,36-,40-,41+,46+/m0/s1. The number of fused-ring (bicyclic) bond motifs is 4. The number of phenolic OH excluding ortho intramolecular Hbond substituents is 1. The number of hydrazine groups is 1. The molecule has 2 aliphatic carbocycles. The lowest BCUT2D eigenvalue weighted by molar-refractivity contribution is -0.144. The van der Waals surface area contributed by atoms with Gasteiger partial charge < -0.3 is 14.6 Å². The van der Waals surface area contributed by atoms with E-state index in [1.54, 1.807) is 55.6 Å². The number of likely N-dealkylation sites (tertiary alicyclic amines) is 2. The van der Waals surface area contributed by atoms with Gasteiger partial charge in [0.2, 0.25) is 11.8 Å². The highest BCUT2D eigenvalue weighted by Gasteiger charge is 2.71. The molecule has 0 radical (unpaired) electrons. The van der Waals surface area contributed by atoms with E-state index in [0.29, 0.717) is 46.2 Å². The monoisotopic (exact) mass is 834 g/mol. The summed E-state index contributed by atoms with van der Waals surface area (Å²) in [4.78, 5) is 63.8. The Morgan fingerprint density at radius 2 is 1.53 bits per heavy atom. The number of aromatic hydroxyl groups is 1. The predicted molar refractivity (Wildman–Crippen MR) is 222 cm³/mol. The van der Waals surface area contributed by atoms with Crippen LogP contribution in [-0.4, -0.2) is 76.9 Å². The number of carbonyl (C=O) groups is 4. The van der Waals surface area contributed by atoms with Crippen molar-refractivity contribution < 1.29 is 33.8 Å². The van der Waals surface area contributed by atoms with E-state index in [0.717, 1.165) is 30.2 Å². The summed E-state index contributed by atoms with van der Waals surface area (Å²) in [7, 11) is 3.06. The molecule has 2 N–H and O–H groups in total. The maximum atomic E-state index is 15.5. The van der Waals surface area contributed by atoms with Crippen molar-refractivity contribution in [2.24, 2.45) is 23.7 Å². The van der Waals surface area contributed by atoms with Gasteiger partial charge in [-0.05, 0) is 91.3 Å². The molecule has 11 nitrogen and oxygen atoms in total. The number of nitrogens with one attached hydrogen (secondary N) is 1. The van der Waals surface area contributed by atoms with Crippen LogP contribution in [0.5, 0.6) is 17.2 Å². The van der Waals surface area contributed by atoms with Crippen LogP contribution in [0.2, 0.25) is 10.0 Å². The van der Waals surface area contributed by atoms with E-state index in [2.05, 4.69) is 22.5 Å². The van der Waals surface area contributed by atoms with E-state index in [-0.39, 0.29) is 41.5 Å². The van der Waals surface area contributed by atoms with Gasteiger partial charge >= 0.3 is 0 Å². The van der Waals surface area contributed by atoms with Gasteiger partial charge in [-0.1, -0.05) is 77.3 Å². The number of benzene rings is 4. The van der Waals surface area contributed by atoms with Crippen molar-refractivity contribution in [3.05, 3.63) is 129 Å². The third kappa shape index (κ3) is 6.36. The quantitative estimate of drug-likeness (QED) is 0.131. The first-order chi connectivity index (χ1) is 28.5.